The molecule has 8 heteroatoms. The number of rotatable bonds is 7. The van der Waals surface area contributed by atoms with Crippen LogP contribution in [0.4, 0.5) is 8.78 Å². The van der Waals surface area contributed by atoms with Crippen LogP contribution in [0.3, 0.4) is 0 Å². The minimum absolute atomic E-state index is 0.00117. The van der Waals surface area contributed by atoms with Crippen molar-refractivity contribution in [3.63, 3.8) is 0 Å². The van der Waals surface area contributed by atoms with Crippen LogP contribution in [0.2, 0.25) is 0 Å². The highest BCUT2D eigenvalue weighted by atomic mass is 19.1. The Morgan fingerprint density at radius 1 is 1.24 bits per heavy atom. The number of likely N-dealkylation sites (tertiary alicyclic amines) is 1. The van der Waals surface area contributed by atoms with E-state index in [0.717, 1.165) is 12.1 Å². The van der Waals surface area contributed by atoms with Gasteiger partial charge in [0, 0.05) is 32.3 Å². The molecule has 1 N–H and O–H groups in total. The summed E-state index contributed by atoms with van der Waals surface area (Å²) in [6, 6.07) is 2.69. The van der Waals surface area contributed by atoms with E-state index in [9.17, 15) is 18.4 Å². The average molecular weight is 356 g/mol. The van der Waals surface area contributed by atoms with Crippen LogP contribution in [-0.2, 0) is 14.3 Å². The SMILES string of the molecule is COCCOCC(=O)N1CCC(NC(=O)c2ccc(F)cc2F)CC1. The Morgan fingerprint density at radius 3 is 2.60 bits per heavy atom. The normalized spacial score (nSPS) is 15.2. The number of piperidine rings is 1. The Bertz CT molecular complexity index is 604. The molecule has 2 amide bonds. The molecule has 0 aliphatic carbocycles. The molecule has 1 aromatic carbocycles. The van der Waals surface area contributed by atoms with Gasteiger partial charge < -0.3 is 19.7 Å². The second-order valence-electron chi connectivity index (χ2n) is 5.80. The molecule has 1 aliphatic heterocycles. The van der Waals surface area contributed by atoms with Gasteiger partial charge in [-0.05, 0) is 25.0 Å². The molecule has 2 rings (SSSR count). The van der Waals surface area contributed by atoms with E-state index < -0.39 is 17.5 Å². The third-order valence-electron chi connectivity index (χ3n) is 4.02. The predicted molar refractivity (Wildman–Crippen MR) is 86.1 cm³/mol. The third kappa shape index (κ3) is 5.75. The zero-order valence-corrected chi connectivity index (χ0v) is 14.1. The summed E-state index contributed by atoms with van der Waals surface area (Å²) in [6.07, 6.45) is 1.14. The van der Waals surface area contributed by atoms with Gasteiger partial charge in [-0.25, -0.2) is 8.78 Å². The van der Waals surface area contributed by atoms with Crippen LogP contribution >= 0.6 is 0 Å². The first-order valence-electron chi connectivity index (χ1n) is 8.11. The first kappa shape index (κ1) is 19.3. The van der Waals surface area contributed by atoms with Gasteiger partial charge in [-0.15, -0.1) is 0 Å². The number of ether oxygens (including phenoxy) is 2. The van der Waals surface area contributed by atoms with E-state index in [-0.39, 0.29) is 24.1 Å². The summed E-state index contributed by atoms with van der Waals surface area (Å²) in [7, 11) is 1.56. The lowest BCUT2D eigenvalue weighted by Crippen LogP contribution is -2.47. The van der Waals surface area contributed by atoms with Crippen molar-refractivity contribution in [1.29, 1.82) is 0 Å². The number of methoxy groups -OCH3 is 1. The molecule has 1 heterocycles. The zero-order chi connectivity index (χ0) is 18.2. The van der Waals surface area contributed by atoms with Crippen molar-refractivity contribution >= 4 is 11.8 Å². The fourth-order valence-electron chi connectivity index (χ4n) is 2.60. The highest BCUT2D eigenvalue weighted by molar-refractivity contribution is 5.94. The van der Waals surface area contributed by atoms with Gasteiger partial charge in [-0.2, -0.15) is 0 Å². The summed E-state index contributed by atoms with van der Waals surface area (Å²) in [5.41, 5.74) is -0.188. The number of amides is 2. The molecule has 0 bridgehead atoms. The van der Waals surface area contributed by atoms with Crippen LogP contribution in [0.5, 0.6) is 0 Å². The van der Waals surface area contributed by atoms with Crippen molar-refractivity contribution in [3.8, 4) is 0 Å². The number of halogens is 2. The molecular formula is C17H22F2N2O4. The Balaban J connectivity index is 1.76. The van der Waals surface area contributed by atoms with Crippen molar-refractivity contribution in [2.24, 2.45) is 0 Å². The number of nitrogens with one attached hydrogen (secondary N) is 1. The quantitative estimate of drug-likeness (QED) is 0.749. The third-order valence-corrected chi connectivity index (χ3v) is 4.02. The van der Waals surface area contributed by atoms with Crippen molar-refractivity contribution in [3.05, 3.63) is 35.4 Å². The van der Waals surface area contributed by atoms with E-state index >= 15 is 0 Å². The molecule has 6 nitrogen and oxygen atoms in total. The fraction of sp³-hybridized carbons (Fsp3) is 0.529. The van der Waals surface area contributed by atoms with Gasteiger partial charge in [-0.1, -0.05) is 0 Å². The van der Waals surface area contributed by atoms with E-state index in [4.69, 9.17) is 9.47 Å². The maximum Gasteiger partial charge on any atom is 0.254 e. The molecule has 0 radical (unpaired) electrons. The van der Waals surface area contributed by atoms with E-state index in [0.29, 0.717) is 45.2 Å². The Morgan fingerprint density at radius 2 is 1.96 bits per heavy atom. The summed E-state index contributed by atoms with van der Waals surface area (Å²) in [5.74, 6) is -2.30. The average Bonchev–Trinajstić information content (AvgIpc) is 2.59. The topological polar surface area (TPSA) is 67.9 Å². The van der Waals surface area contributed by atoms with Gasteiger partial charge in [-0.3, -0.25) is 9.59 Å². The second-order valence-corrected chi connectivity index (χ2v) is 5.80. The molecule has 1 saturated heterocycles. The lowest BCUT2D eigenvalue weighted by molar-refractivity contribution is -0.137. The Hall–Kier alpha value is -2.06. The highest BCUT2D eigenvalue weighted by Crippen LogP contribution is 2.14. The van der Waals surface area contributed by atoms with Crippen molar-refractivity contribution < 1.29 is 27.8 Å². The van der Waals surface area contributed by atoms with E-state index in [1.165, 1.54) is 0 Å². The lowest BCUT2D eigenvalue weighted by atomic mass is 10.0. The first-order valence-corrected chi connectivity index (χ1v) is 8.11. The number of hydrogen-bond donors (Lipinski definition) is 1. The van der Waals surface area contributed by atoms with Gasteiger partial charge >= 0.3 is 0 Å². The predicted octanol–water partition coefficient (Wildman–Crippen LogP) is 1.35. The highest BCUT2D eigenvalue weighted by Gasteiger charge is 2.25. The number of hydrogen-bond acceptors (Lipinski definition) is 4. The van der Waals surface area contributed by atoms with Gasteiger partial charge in [0.15, 0.2) is 0 Å². The second kappa shape index (κ2) is 9.43. The minimum Gasteiger partial charge on any atom is -0.382 e. The number of nitrogens with zero attached hydrogens (tertiary/aromatic N) is 1. The van der Waals surface area contributed by atoms with E-state index in [1.54, 1.807) is 12.0 Å². The summed E-state index contributed by atoms with van der Waals surface area (Å²) in [5, 5.41) is 2.73. The Labute approximate surface area is 145 Å². The minimum atomic E-state index is -0.890. The van der Waals surface area contributed by atoms with Crippen molar-refractivity contribution in [2.75, 3.05) is 40.0 Å². The largest absolute Gasteiger partial charge is 0.382 e. The maximum atomic E-state index is 13.6. The van der Waals surface area contributed by atoms with Crippen LogP contribution < -0.4 is 5.32 Å². The van der Waals surface area contributed by atoms with Crippen molar-refractivity contribution in [2.45, 2.75) is 18.9 Å². The Kier molecular flexibility index (Phi) is 7.27. The summed E-state index contributed by atoms with van der Waals surface area (Å²) < 4.78 is 36.5. The summed E-state index contributed by atoms with van der Waals surface area (Å²) >= 11 is 0. The molecule has 1 fully saturated rings. The smallest absolute Gasteiger partial charge is 0.254 e. The lowest BCUT2D eigenvalue weighted by Gasteiger charge is -2.32. The maximum absolute atomic E-state index is 13.6. The van der Waals surface area contributed by atoms with Crippen LogP contribution in [0.15, 0.2) is 18.2 Å². The van der Waals surface area contributed by atoms with Crippen LogP contribution in [0.1, 0.15) is 23.2 Å². The van der Waals surface area contributed by atoms with Crippen LogP contribution in [0.25, 0.3) is 0 Å². The molecule has 1 aromatic rings. The van der Waals surface area contributed by atoms with Gasteiger partial charge in [0.25, 0.3) is 5.91 Å². The molecular weight excluding hydrogens is 334 g/mol. The molecule has 0 spiro atoms. The molecule has 0 saturated carbocycles. The number of carbonyl (C=O) groups excluding carboxylic acids is 2. The van der Waals surface area contributed by atoms with Crippen LogP contribution in [0, 0.1) is 11.6 Å². The van der Waals surface area contributed by atoms with E-state index in [1.807, 2.05) is 0 Å². The fourth-order valence-corrected chi connectivity index (χ4v) is 2.60. The monoisotopic (exact) mass is 356 g/mol. The van der Waals surface area contributed by atoms with Gasteiger partial charge in [0.05, 0.1) is 18.8 Å². The number of benzene rings is 1. The number of carbonyl (C=O) groups is 2. The molecule has 0 aromatic heterocycles. The summed E-state index contributed by atoms with van der Waals surface area (Å²) in [6.45, 7) is 1.77. The van der Waals surface area contributed by atoms with Gasteiger partial charge in [0.1, 0.15) is 18.2 Å². The van der Waals surface area contributed by atoms with Crippen LogP contribution in [-0.4, -0.2) is 62.8 Å². The molecule has 25 heavy (non-hydrogen) atoms. The van der Waals surface area contributed by atoms with Crippen molar-refractivity contribution in [1.82, 2.24) is 10.2 Å². The zero-order valence-electron chi connectivity index (χ0n) is 14.1. The molecule has 0 atom stereocenters. The molecule has 0 unspecified atom stereocenters. The molecule has 138 valence electrons. The standard InChI is InChI=1S/C17H22F2N2O4/c1-24-8-9-25-11-16(22)21-6-4-13(5-7-21)20-17(23)14-3-2-12(18)10-15(14)19/h2-3,10,13H,4-9,11H2,1H3,(H,20,23). The van der Waals surface area contributed by atoms with E-state index in [2.05, 4.69) is 5.32 Å². The summed E-state index contributed by atoms with van der Waals surface area (Å²) in [4.78, 5) is 25.7. The molecule has 1 aliphatic rings. The first-order chi connectivity index (χ1) is 12.0. The van der Waals surface area contributed by atoms with Gasteiger partial charge in [0.2, 0.25) is 5.91 Å².